The van der Waals surface area contributed by atoms with Crippen LogP contribution in [0.2, 0.25) is 5.22 Å². The molecule has 0 saturated heterocycles. The van der Waals surface area contributed by atoms with Crippen LogP contribution in [0.5, 0.6) is 0 Å². The minimum Gasteiger partial charge on any atom is -0.448 e. The molecule has 4 aromatic rings. The predicted octanol–water partition coefficient (Wildman–Crippen LogP) is 2.01. The van der Waals surface area contributed by atoms with Gasteiger partial charge in [0, 0.05) is 26.7 Å². The lowest BCUT2D eigenvalue weighted by Crippen LogP contribution is -2.45. The number of aliphatic hydroxyl groups excluding tert-OH is 1. The van der Waals surface area contributed by atoms with E-state index in [1.165, 1.54) is 11.6 Å². The van der Waals surface area contributed by atoms with Gasteiger partial charge in [-0.05, 0) is 29.3 Å². The number of fused-ring (bicyclic) bond motifs is 3. The number of nitrogens with zero attached hydrogens (tertiary/aromatic N) is 3. The number of aliphatic hydroxyl groups is 1. The van der Waals surface area contributed by atoms with Gasteiger partial charge in [-0.3, -0.25) is 19.2 Å². The Morgan fingerprint density at radius 2 is 1.87 bits per heavy atom. The average molecular weight is 441 g/mol. The summed E-state index contributed by atoms with van der Waals surface area (Å²) in [4.78, 5) is 26.1. The lowest BCUT2D eigenvalue weighted by Gasteiger charge is -2.32. The molecule has 0 spiro atoms. The van der Waals surface area contributed by atoms with Crippen LogP contribution in [0.4, 0.5) is 0 Å². The quantitative estimate of drug-likeness (QED) is 0.508. The Bertz CT molecular complexity index is 1410. The van der Waals surface area contributed by atoms with Crippen LogP contribution < -0.4 is 16.6 Å². The van der Waals surface area contributed by atoms with Crippen molar-refractivity contribution in [3.63, 3.8) is 0 Å². The second-order valence-corrected chi connectivity index (χ2v) is 8.13. The van der Waals surface area contributed by atoms with E-state index in [0.29, 0.717) is 28.9 Å². The van der Waals surface area contributed by atoms with Gasteiger partial charge in [-0.2, -0.15) is 0 Å². The smallest absolute Gasteiger partial charge is 0.331 e. The van der Waals surface area contributed by atoms with Crippen LogP contribution in [0.25, 0.3) is 22.2 Å². The van der Waals surface area contributed by atoms with E-state index >= 15 is 0 Å². The summed E-state index contributed by atoms with van der Waals surface area (Å²) < 4.78 is 10.3. The number of hydrogen-bond donors (Lipinski definition) is 2. The van der Waals surface area contributed by atoms with Crippen LogP contribution in [0.1, 0.15) is 17.5 Å². The first kappa shape index (κ1) is 19.9. The van der Waals surface area contributed by atoms with Crippen molar-refractivity contribution >= 4 is 22.5 Å². The van der Waals surface area contributed by atoms with Gasteiger partial charge in [0.25, 0.3) is 5.56 Å². The molecule has 1 aromatic carbocycles. The molecule has 0 saturated carbocycles. The molecule has 0 radical (unpaired) electrons. The lowest BCUT2D eigenvalue weighted by molar-refractivity contribution is 0.202. The maximum absolute atomic E-state index is 13.3. The Balaban J connectivity index is 1.97. The number of hydrogen-bond acceptors (Lipinski definition) is 5. The summed E-state index contributed by atoms with van der Waals surface area (Å²) in [5.41, 5.74) is 2.05. The second-order valence-electron chi connectivity index (χ2n) is 7.76. The van der Waals surface area contributed by atoms with Crippen LogP contribution in [-0.4, -0.2) is 31.5 Å². The SMILES string of the molecule is Cn1c(=O)c2c(-c3ccccc3)n3c(c2n(C)c1=O)C(c1ccc(Cl)o1)NC(CO)C3. The molecule has 2 N–H and O–H groups in total. The second kappa shape index (κ2) is 7.26. The van der Waals surface area contributed by atoms with Crippen molar-refractivity contribution in [2.24, 2.45) is 14.1 Å². The number of furan rings is 1. The van der Waals surface area contributed by atoms with Gasteiger partial charge < -0.3 is 14.1 Å². The fourth-order valence-corrected chi connectivity index (χ4v) is 4.67. The van der Waals surface area contributed by atoms with Crippen molar-refractivity contribution in [2.45, 2.75) is 18.6 Å². The predicted molar refractivity (Wildman–Crippen MR) is 117 cm³/mol. The van der Waals surface area contributed by atoms with Gasteiger partial charge >= 0.3 is 5.69 Å². The number of halogens is 1. The van der Waals surface area contributed by atoms with Gasteiger partial charge in [0.2, 0.25) is 0 Å². The van der Waals surface area contributed by atoms with Gasteiger partial charge in [0.15, 0.2) is 5.22 Å². The third-order valence-electron chi connectivity index (χ3n) is 5.93. The molecule has 9 heteroatoms. The minimum absolute atomic E-state index is 0.107. The standard InChI is InChI=1S/C22H21ClN4O4/c1-25-19-16(21(29)26(2)22(25)30)18(12-6-4-3-5-7-12)27-10-13(11-28)24-17(20(19)27)14-8-9-15(23)31-14/h3-9,13,17,24,28H,10-11H2,1-2H3. The minimum atomic E-state index is -0.504. The van der Waals surface area contributed by atoms with E-state index in [9.17, 15) is 14.7 Å². The molecule has 1 aliphatic rings. The maximum Gasteiger partial charge on any atom is 0.331 e. The number of aromatic nitrogens is 3. The maximum atomic E-state index is 13.3. The molecule has 3 aromatic heterocycles. The molecule has 8 nitrogen and oxygen atoms in total. The molecule has 5 rings (SSSR count). The molecule has 31 heavy (non-hydrogen) atoms. The van der Waals surface area contributed by atoms with E-state index < -0.39 is 11.7 Å². The molecule has 160 valence electrons. The van der Waals surface area contributed by atoms with Crippen molar-refractivity contribution < 1.29 is 9.52 Å². The average Bonchev–Trinajstić information content (AvgIpc) is 3.37. The largest absolute Gasteiger partial charge is 0.448 e. The fourth-order valence-electron chi connectivity index (χ4n) is 4.52. The lowest BCUT2D eigenvalue weighted by atomic mass is 10.0. The van der Waals surface area contributed by atoms with Gasteiger partial charge in [-0.25, -0.2) is 4.79 Å². The molecule has 4 heterocycles. The topological polar surface area (TPSA) is 94.3 Å². The van der Waals surface area contributed by atoms with E-state index in [1.54, 1.807) is 19.2 Å². The zero-order chi connectivity index (χ0) is 21.9. The van der Waals surface area contributed by atoms with Crippen molar-refractivity contribution in [1.29, 1.82) is 0 Å². The summed E-state index contributed by atoms with van der Waals surface area (Å²) in [7, 11) is 3.14. The van der Waals surface area contributed by atoms with E-state index in [1.807, 2.05) is 34.9 Å². The third-order valence-corrected chi connectivity index (χ3v) is 6.13. The Morgan fingerprint density at radius 1 is 1.13 bits per heavy atom. The molecule has 2 unspecified atom stereocenters. The number of aryl methyl sites for hydroxylation is 1. The Kier molecular flexibility index (Phi) is 4.65. The summed E-state index contributed by atoms with van der Waals surface area (Å²) in [6, 6.07) is 12.2. The third kappa shape index (κ3) is 2.90. The summed E-state index contributed by atoms with van der Waals surface area (Å²) >= 11 is 6.04. The molecule has 2 atom stereocenters. The molecule has 0 aliphatic carbocycles. The fraction of sp³-hybridized carbons (Fsp3) is 0.273. The normalized spacial score (nSPS) is 18.5. The van der Waals surface area contributed by atoms with E-state index in [4.69, 9.17) is 16.0 Å². The summed E-state index contributed by atoms with van der Waals surface area (Å²) in [6.07, 6.45) is 0. The molecular formula is C22H21ClN4O4. The van der Waals surface area contributed by atoms with Crippen LogP contribution >= 0.6 is 11.6 Å². The highest BCUT2D eigenvalue weighted by Gasteiger charge is 2.36. The summed E-state index contributed by atoms with van der Waals surface area (Å²) in [6.45, 7) is 0.317. The van der Waals surface area contributed by atoms with Gasteiger partial charge in [-0.15, -0.1) is 0 Å². The van der Waals surface area contributed by atoms with Crippen LogP contribution in [0.3, 0.4) is 0 Å². The molecule has 0 bridgehead atoms. The highest BCUT2D eigenvalue weighted by molar-refractivity contribution is 6.28. The molecule has 0 amide bonds. The van der Waals surface area contributed by atoms with Gasteiger partial charge in [0.1, 0.15) is 11.8 Å². The van der Waals surface area contributed by atoms with Gasteiger partial charge in [0.05, 0.1) is 28.9 Å². The van der Waals surface area contributed by atoms with Crippen LogP contribution in [-0.2, 0) is 20.6 Å². The molecular weight excluding hydrogens is 420 g/mol. The van der Waals surface area contributed by atoms with Crippen LogP contribution in [0.15, 0.2) is 56.5 Å². The number of nitrogens with one attached hydrogen (secondary N) is 1. The first-order valence-electron chi connectivity index (χ1n) is 9.92. The van der Waals surface area contributed by atoms with Crippen LogP contribution in [0, 0.1) is 0 Å². The zero-order valence-corrected chi connectivity index (χ0v) is 17.8. The van der Waals surface area contributed by atoms with Crippen molar-refractivity contribution in [3.05, 3.63) is 80.0 Å². The first-order chi connectivity index (χ1) is 14.9. The number of rotatable bonds is 3. The molecule has 0 fully saturated rings. The highest BCUT2D eigenvalue weighted by atomic mass is 35.5. The monoisotopic (exact) mass is 440 g/mol. The first-order valence-corrected chi connectivity index (χ1v) is 10.3. The Hall–Kier alpha value is -3.07. The zero-order valence-electron chi connectivity index (χ0n) is 17.0. The number of benzene rings is 1. The Morgan fingerprint density at radius 3 is 2.52 bits per heavy atom. The summed E-state index contributed by atoms with van der Waals surface area (Å²) in [5.74, 6) is 0.538. The Labute approximate surface area is 181 Å². The molecule has 1 aliphatic heterocycles. The van der Waals surface area contributed by atoms with Crippen molar-refractivity contribution in [3.8, 4) is 11.3 Å². The van der Waals surface area contributed by atoms with Gasteiger partial charge in [-0.1, -0.05) is 30.3 Å². The van der Waals surface area contributed by atoms with E-state index in [0.717, 1.165) is 15.8 Å². The highest BCUT2D eigenvalue weighted by Crippen LogP contribution is 2.40. The van der Waals surface area contributed by atoms with E-state index in [2.05, 4.69) is 5.32 Å². The van der Waals surface area contributed by atoms with Crippen molar-refractivity contribution in [2.75, 3.05) is 6.61 Å². The summed E-state index contributed by atoms with van der Waals surface area (Å²) in [5, 5.41) is 14.0. The van der Waals surface area contributed by atoms with Crippen molar-refractivity contribution in [1.82, 2.24) is 19.0 Å². The van der Waals surface area contributed by atoms with E-state index in [-0.39, 0.29) is 23.4 Å².